The highest BCUT2D eigenvalue weighted by Gasteiger charge is 2.18. The van der Waals surface area contributed by atoms with E-state index in [1.165, 1.54) is 5.56 Å². The summed E-state index contributed by atoms with van der Waals surface area (Å²) >= 11 is 3.51. The third-order valence-electron chi connectivity index (χ3n) is 3.35. The van der Waals surface area contributed by atoms with Gasteiger partial charge in [-0.15, -0.1) is 0 Å². The maximum absolute atomic E-state index is 9.03. The van der Waals surface area contributed by atoms with Gasteiger partial charge < -0.3 is 15.2 Å². The van der Waals surface area contributed by atoms with Crippen LogP contribution in [0.4, 0.5) is 0 Å². The second kappa shape index (κ2) is 7.27. The average molecular weight is 330 g/mol. The molecule has 0 aliphatic heterocycles. The Morgan fingerprint density at radius 2 is 2.11 bits per heavy atom. The summed E-state index contributed by atoms with van der Waals surface area (Å²) in [6.07, 6.45) is 0.805. The minimum absolute atomic E-state index is 0.104. The second-order valence-corrected chi connectivity index (χ2v) is 6.49. The Kier molecular flexibility index (Phi) is 6.30. The van der Waals surface area contributed by atoms with E-state index in [-0.39, 0.29) is 18.1 Å². The van der Waals surface area contributed by atoms with Gasteiger partial charge in [0, 0.05) is 19.2 Å². The van der Waals surface area contributed by atoms with Gasteiger partial charge in [0.15, 0.2) is 0 Å². The van der Waals surface area contributed by atoms with E-state index in [9.17, 15) is 0 Å². The number of aliphatic hydroxyl groups is 1. The van der Waals surface area contributed by atoms with Gasteiger partial charge >= 0.3 is 0 Å². The molecule has 0 aliphatic carbocycles. The van der Waals surface area contributed by atoms with Crippen LogP contribution < -0.4 is 10.1 Å². The first-order chi connectivity index (χ1) is 8.89. The summed E-state index contributed by atoms with van der Waals surface area (Å²) in [5, 5.41) is 12.5. The molecule has 0 spiro atoms. The number of rotatable bonds is 7. The van der Waals surface area contributed by atoms with Gasteiger partial charge in [-0.1, -0.05) is 19.9 Å². The molecule has 4 heteroatoms. The number of methoxy groups -OCH3 is 1. The zero-order valence-electron chi connectivity index (χ0n) is 12.2. The largest absolute Gasteiger partial charge is 0.496 e. The van der Waals surface area contributed by atoms with Crippen molar-refractivity contribution in [2.24, 2.45) is 5.41 Å². The standard InChI is InChI=1S/C15H24BrNO2/c1-11(17-10-15(2,3)7-8-18)12-5-6-14(19-4)13(16)9-12/h5-6,9,11,17-18H,7-8,10H2,1-4H3. The molecule has 2 N–H and O–H groups in total. The molecule has 0 saturated carbocycles. The van der Waals surface area contributed by atoms with Gasteiger partial charge in [0.1, 0.15) is 5.75 Å². The first kappa shape index (κ1) is 16.5. The van der Waals surface area contributed by atoms with Crippen molar-refractivity contribution in [3.05, 3.63) is 28.2 Å². The van der Waals surface area contributed by atoms with Crippen molar-refractivity contribution < 1.29 is 9.84 Å². The topological polar surface area (TPSA) is 41.5 Å². The Bertz CT molecular complexity index is 407. The first-order valence-electron chi connectivity index (χ1n) is 6.57. The van der Waals surface area contributed by atoms with Crippen LogP contribution in [0.15, 0.2) is 22.7 Å². The van der Waals surface area contributed by atoms with Gasteiger partial charge in [-0.3, -0.25) is 0 Å². The van der Waals surface area contributed by atoms with Crippen LogP contribution in [-0.4, -0.2) is 25.4 Å². The lowest BCUT2D eigenvalue weighted by atomic mass is 9.89. The summed E-state index contributed by atoms with van der Waals surface area (Å²) in [5.41, 5.74) is 1.32. The predicted octanol–water partition coefficient (Wildman–Crippen LogP) is 3.52. The minimum atomic E-state index is 0.104. The number of hydrogen-bond donors (Lipinski definition) is 2. The summed E-state index contributed by atoms with van der Waals surface area (Å²) in [6, 6.07) is 6.38. The molecule has 108 valence electrons. The fourth-order valence-corrected chi connectivity index (χ4v) is 2.45. The predicted molar refractivity (Wildman–Crippen MR) is 82.6 cm³/mol. The van der Waals surface area contributed by atoms with Crippen LogP contribution in [-0.2, 0) is 0 Å². The fraction of sp³-hybridized carbons (Fsp3) is 0.600. The molecular formula is C15H24BrNO2. The molecule has 19 heavy (non-hydrogen) atoms. The molecule has 0 aliphatic rings. The lowest BCUT2D eigenvalue weighted by Crippen LogP contribution is -2.32. The fourth-order valence-electron chi connectivity index (χ4n) is 1.89. The van der Waals surface area contributed by atoms with E-state index in [4.69, 9.17) is 9.84 Å². The lowest BCUT2D eigenvalue weighted by Gasteiger charge is -2.26. The number of benzene rings is 1. The zero-order chi connectivity index (χ0) is 14.5. The maximum atomic E-state index is 9.03. The molecule has 0 bridgehead atoms. The average Bonchev–Trinajstić information content (AvgIpc) is 2.36. The van der Waals surface area contributed by atoms with Gasteiger partial charge in [-0.2, -0.15) is 0 Å². The van der Waals surface area contributed by atoms with Crippen LogP contribution in [0.2, 0.25) is 0 Å². The molecule has 1 atom stereocenters. The molecule has 1 rings (SSSR count). The van der Waals surface area contributed by atoms with Crippen molar-refractivity contribution in [3.63, 3.8) is 0 Å². The van der Waals surface area contributed by atoms with Gasteiger partial charge in [-0.25, -0.2) is 0 Å². The summed E-state index contributed by atoms with van der Waals surface area (Å²) in [4.78, 5) is 0. The third-order valence-corrected chi connectivity index (χ3v) is 3.97. The Morgan fingerprint density at radius 1 is 1.42 bits per heavy atom. The Hall–Kier alpha value is -0.580. The lowest BCUT2D eigenvalue weighted by molar-refractivity contribution is 0.203. The van der Waals surface area contributed by atoms with E-state index in [0.29, 0.717) is 0 Å². The Labute approximate surface area is 124 Å². The van der Waals surface area contributed by atoms with Gasteiger partial charge in [0.05, 0.1) is 11.6 Å². The number of halogens is 1. The van der Waals surface area contributed by atoms with E-state index in [1.54, 1.807) is 7.11 Å². The number of ether oxygens (including phenoxy) is 1. The van der Waals surface area contributed by atoms with E-state index >= 15 is 0 Å². The van der Waals surface area contributed by atoms with Crippen molar-refractivity contribution in [1.82, 2.24) is 5.32 Å². The Morgan fingerprint density at radius 3 is 2.63 bits per heavy atom. The van der Waals surface area contributed by atoms with Crippen LogP contribution in [0.25, 0.3) is 0 Å². The monoisotopic (exact) mass is 329 g/mol. The SMILES string of the molecule is COc1ccc(C(C)NCC(C)(C)CCO)cc1Br. The molecule has 0 aromatic heterocycles. The molecule has 0 saturated heterocycles. The quantitative estimate of drug-likeness (QED) is 0.804. The van der Waals surface area contributed by atoms with Crippen molar-refractivity contribution in [3.8, 4) is 5.75 Å². The number of hydrogen-bond acceptors (Lipinski definition) is 3. The molecule has 1 aromatic carbocycles. The van der Waals surface area contributed by atoms with E-state index in [1.807, 2.05) is 6.07 Å². The van der Waals surface area contributed by atoms with Crippen molar-refractivity contribution in [1.29, 1.82) is 0 Å². The highest BCUT2D eigenvalue weighted by atomic mass is 79.9. The first-order valence-corrected chi connectivity index (χ1v) is 7.36. The molecule has 0 heterocycles. The zero-order valence-corrected chi connectivity index (χ0v) is 13.8. The second-order valence-electron chi connectivity index (χ2n) is 5.63. The molecule has 1 unspecified atom stereocenters. The third kappa shape index (κ3) is 5.13. The summed E-state index contributed by atoms with van der Waals surface area (Å²) in [6.45, 7) is 7.57. The van der Waals surface area contributed by atoms with Crippen LogP contribution in [0.1, 0.15) is 38.8 Å². The number of aliphatic hydroxyl groups excluding tert-OH is 1. The maximum Gasteiger partial charge on any atom is 0.133 e. The molecule has 1 aromatic rings. The van der Waals surface area contributed by atoms with E-state index < -0.39 is 0 Å². The summed E-state index contributed by atoms with van der Waals surface area (Å²) < 4.78 is 6.20. The van der Waals surface area contributed by atoms with Crippen molar-refractivity contribution in [2.45, 2.75) is 33.2 Å². The molecule has 0 fully saturated rings. The van der Waals surface area contributed by atoms with Crippen molar-refractivity contribution in [2.75, 3.05) is 20.3 Å². The van der Waals surface area contributed by atoms with Crippen LogP contribution >= 0.6 is 15.9 Å². The molecule has 0 amide bonds. The van der Waals surface area contributed by atoms with E-state index in [0.717, 1.165) is 23.2 Å². The molecule has 0 radical (unpaired) electrons. The highest BCUT2D eigenvalue weighted by Crippen LogP contribution is 2.28. The van der Waals surface area contributed by atoms with Crippen LogP contribution in [0, 0.1) is 5.41 Å². The molecular weight excluding hydrogens is 306 g/mol. The minimum Gasteiger partial charge on any atom is -0.496 e. The summed E-state index contributed by atoms with van der Waals surface area (Å²) in [5.74, 6) is 0.844. The van der Waals surface area contributed by atoms with Crippen LogP contribution in [0.5, 0.6) is 5.75 Å². The molecule has 3 nitrogen and oxygen atoms in total. The smallest absolute Gasteiger partial charge is 0.133 e. The number of nitrogens with one attached hydrogen (secondary N) is 1. The Balaban J connectivity index is 2.63. The van der Waals surface area contributed by atoms with Crippen LogP contribution in [0.3, 0.4) is 0 Å². The van der Waals surface area contributed by atoms with Gasteiger partial charge in [-0.05, 0) is 52.4 Å². The highest BCUT2D eigenvalue weighted by molar-refractivity contribution is 9.10. The van der Waals surface area contributed by atoms with Gasteiger partial charge in [0.25, 0.3) is 0 Å². The van der Waals surface area contributed by atoms with Gasteiger partial charge in [0.2, 0.25) is 0 Å². The van der Waals surface area contributed by atoms with E-state index in [2.05, 4.69) is 54.2 Å². The van der Waals surface area contributed by atoms with Crippen molar-refractivity contribution >= 4 is 15.9 Å². The normalized spacial score (nSPS) is 13.4. The summed E-state index contributed by atoms with van der Waals surface area (Å²) in [7, 11) is 1.67.